The zero-order chi connectivity index (χ0) is 20.2. The van der Waals surface area contributed by atoms with Crippen LogP contribution in [0.25, 0.3) is 0 Å². The lowest BCUT2D eigenvalue weighted by molar-refractivity contribution is 0.0964. The number of hydrogen-bond acceptors (Lipinski definition) is 3. The minimum Gasteiger partial charge on any atom is -0.372 e. The molecule has 0 fully saturated rings. The third-order valence-corrected chi connectivity index (χ3v) is 5.58. The van der Waals surface area contributed by atoms with Gasteiger partial charge in [-0.2, -0.15) is 0 Å². The second-order valence-corrected chi connectivity index (χ2v) is 9.40. The first-order valence-corrected chi connectivity index (χ1v) is 10.5. The maximum absolute atomic E-state index is 13.3. The molecule has 0 aliphatic carbocycles. The monoisotopic (exact) mass is 370 g/mol. The van der Waals surface area contributed by atoms with Crippen molar-refractivity contribution < 1.29 is 4.79 Å². The van der Waals surface area contributed by atoms with Gasteiger partial charge in [0.1, 0.15) is 0 Å². The van der Waals surface area contributed by atoms with Crippen molar-refractivity contribution in [2.24, 2.45) is 5.41 Å². The van der Waals surface area contributed by atoms with Crippen molar-refractivity contribution in [2.75, 3.05) is 24.5 Å². The number of nitrogens with zero attached hydrogens (tertiary/aromatic N) is 2. The van der Waals surface area contributed by atoms with E-state index in [2.05, 4.69) is 76.6 Å². The topological polar surface area (TPSA) is 23.6 Å². The van der Waals surface area contributed by atoms with E-state index in [1.807, 2.05) is 12.1 Å². The summed E-state index contributed by atoms with van der Waals surface area (Å²) in [4.78, 5) is 18.0. The molecule has 0 N–H and O–H groups in total. The summed E-state index contributed by atoms with van der Waals surface area (Å²) in [5, 5.41) is 0. The minimum absolute atomic E-state index is 0.0344. The molecule has 150 valence electrons. The summed E-state index contributed by atoms with van der Waals surface area (Å²) in [6.07, 6.45) is 5.37. The maximum Gasteiger partial charge on any atom is 0.191 e. The zero-order valence-corrected chi connectivity index (χ0v) is 18.4. The number of Topliss-reactive ketones (excluding diaryl/α,β-unsaturated/α-hetero) is 1. The third-order valence-electron chi connectivity index (χ3n) is 5.58. The molecule has 2 rings (SSSR count). The van der Waals surface area contributed by atoms with Gasteiger partial charge in [-0.05, 0) is 69.7 Å². The van der Waals surface area contributed by atoms with Crippen molar-refractivity contribution in [1.29, 1.82) is 0 Å². The van der Waals surface area contributed by atoms with Crippen LogP contribution in [0.4, 0.5) is 5.69 Å². The fraction of sp³-hybridized carbons (Fsp3) is 0.625. The van der Waals surface area contributed by atoms with E-state index >= 15 is 0 Å². The van der Waals surface area contributed by atoms with Crippen LogP contribution in [0.5, 0.6) is 0 Å². The predicted octanol–water partition coefficient (Wildman–Crippen LogP) is 5.91. The molecule has 0 saturated heterocycles. The summed E-state index contributed by atoms with van der Waals surface area (Å²) >= 11 is 0. The summed E-state index contributed by atoms with van der Waals surface area (Å²) in [6, 6.07) is 8.22. The minimum atomic E-state index is -0.0893. The number of carbonyl (C=O) groups excluding carboxylic acids is 1. The van der Waals surface area contributed by atoms with Crippen molar-refractivity contribution in [1.82, 2.24) is 4.90 Å². The van der Waals surface area contributed by atoms with Crippen LogP contribution in [0.3, 0.4) is 0 Å². The zero-order valence-electron chi connectivity index (χ0n) is 18.4. The maximum atomic E-state index is 13.3. The molecular formula is C24H38N2O. The molecular weight excluding hydrogens is 332 g/mol. The molecule has 0 unspecified atom stereocenters. The van der Waals surface area contributed by atoms with Gasteiger partial charge in [0.25, 0.3) is 0 Å². The second-order valence-electron chi connectivity index (χ2n) is 9.40. The van der Waals surface area contributed by atoms with Crippen LogP contribution in [-0.2, 0) is 0 Å². The summed E-state index contributed by atoms with van der Waals surface area (Å²) in [5.74, 6) is 0.165. The van der Waals surface area contributed by atoms with Gasteiger partial charge < -0.3 is 9.80 Å². The Labute approximate surface area is 166 Å². The Morgan fingerprint density at radius 3 is 2.11 bits per heavy atom. The van der Waals surface area contributed by atoms with E-state index in [-0.39, 0.29) is 16.7 Å². The van der Waals surface area contributed by atoms with Crippen LogP contribution in [0, 0.1) is 5.41 Å². The number of ketones is 1. The lowest BCUT2D eigenvalue weighted by Gasteiger charge is -2.43. The molecule has 1 aromatic rings. The van der Waals surface area contributed by atoms with Gasteiger partial charge in [0.15, 0.2) is 5.78 Å². The second kappa shape index (κ2) is 8.50. The number of carbonyl (C=O) groups is 1. The van der Waals surface area contributed by atoms with E-state index < -0.39 is 0 Å². The van der Waals surface area contributed by atoms with Crippen molar-refractivity contribution in [3.8, 4) is 0 Å². The van der Waals surface area contributed by atoms with Gasteiger partial charge in [0.05, 0.1) is 0 Å². The van der Waals surface area contributed by atoms with E-state index in [0.717, 1.165) is 50.0 Å². The van der Waals surface area contributed by atoms with Crippen LogP contribution in [0.1, 0.15) is 78.1 Å². The highest BCUT2D eigenvalue weighted by atomic mass is 16.1. The molecule has 0 atom stereocenters. The summed E-state index contributed by atoms with van der Waals surface area (Å²) in [6.45, 7) is 18.5. The van der Waals surface area contributed by atoms with Gasteiger partial charge in [-0.25, -0.2) is 0 Å². The summed E-state index contributed by atoms with van der Waals surface area (Å²) < 4.78 is 0. The van der Waals surface area contributed by atoms with Crippen molar-refractivity contribution in [3.63, 3.8) is 0 Å². The average molecular weight is 371 g/mol. The number of benzene rings is 1. The molecule has 3 nitrogen and oxygen atoms in total. The van der Waals surface area contributed by atoms with Gasteiger partial charge >= 0.3 is 0 Å². The fourth-order valence-electron chi connectivity index (χ4n) is 3.71. The highest BCUT2D eigenvalue weighted by Crippen LogP contribution is 2.38. The lowest BCUT2D eigenvalue weighted by atomic mass is 9.75. The normalized spacial score (nSPS) is 16.9. The SMILES string of the molecule is CCCN(CCC)c1ccc(C(=O)C2=CN(C(C)(C)C)CCC2(C)C)cc1. The Kier molecular flexibility index (Phi) is 6.77. The van der Waals surface area contributed by atoms with E-state index in [0.29, 0.717) is 0 Å². The van der Waals surface area contributed by atoms with Gasteiger partial charge in [0, 0.05) is 48.2 Å². The fourth-order valence-corrected chi connectivity index (χ4v) is 3.71. The van der Waals surface area contributed by atoms with Gasteiger partial charge in [-0.3, -0.25) is 4.79 Å². The van der Waals surface area contributed by atoms with Crippen LogP contribution >= 0.6 is 0 Å². The Bertz CT molecular complexity index is 659. The number of anilines is 1. The smallest absolute Gasteiger partial charge is 0.191 e. The average Bonchev–Trinajstić information content (AvgIpc) is 2.60. The number of hydrogen-bond donors (Lipinski definition) is 0. The van der Waals surface area contributed by atoms with E-state index in [9.17, 15) is 4.79 Å². The third kappa shape index (κ3) is 5.15. The molecule has 0 radical (unpaired) electrons. The van der Waals surface area contributed by atoms with Gasteiger partial charge in [-0.1, -0.05) is 27.7 Å². The summed E-state index contributed by atoms with van der Waals surface area (Å²) in [5.41, 5.74) is 2.88. The molecule has 0 bridgehead atoms. The molecule has 1 aliphatic heterocycles. The first-order valence-electron chi connectivity index (χ1n) is 10.5. The van der Waals surface area contributed by atoms with Crippen molar-refractivity contribution in [3.05, 3.63) is 41.6 Å². The van der Waals surface area contributed by atoms with E-state index in [1.165, 1.54) is 5.69 Å². The standard InChI is InChI=1S/C24H38N2O/c1-8-15-25(16-9-2)20-12-10-19(11-13-20)22(27)21-18-26(23(3,4)5)17-14-24(21,6)7/h10-13,18H,8-9,14-17H2,1-7H3. The molecule has 0 spiro atoms. The Morgan fingerprint density at radius 1 is 1.07 bits per heavy atom. The molecule has 1 aromatic carbocycles. The Hall–Kier alpha value is -1.77. The highest BCUT2D eigenvalue weighted by Gasteiger charge is 2.35. The van der Waals surface area contributed by atoms with Crippen molar-refractivity contribution in [2.45, 2.75) is 73.3 Å². The van der Waals surface area contributed by atoms with Crippen LogP contribution < -0.4 is 4.90 Å². The first-order chi connectivity index (χ1) is 12.6. The number of allylic oxidation sites excluding steroid dienone is 1. The molecule has 0 saturated carbocycles. The quantitative estimate of drug-likeness (QED) is 0.557. The van der Waals surface area contributed by atoms with Gasteiger partial charge in [0.2, 0.25) is 0 Å². The molecule has 0 aromatic heterocycles. The van der Waals surface area contributed by atoms with Crippen molar-refractivity contribution >= 4 is 11.5 Å². The Morgan fingerprint density at radius 2 is 1.63 bits per heavy atom. The molecule has 1 aliphatic rings. The molecule has 0 amide bonds. The first kappa shape index (κ1) is 21.5. The highest BCUT2D eigenvalue weighted by molar-refractivity contribution is 6.09. The van der Waals surface area contributed by atoms with E-state index in [1.54, 1.807) is 0 Å². The number of rotatable bonds is 7. The van der Waals surface area contributed by atoms with E-state index in [4.69, 9.17) is 0 Å². The van der Waals surface area contributed by atoms with Crippen LogP contribution in [-0.4, -0.2) is 35.9 Å². The molecule has 27 heavy (non-hydrogen) atoms. The largest absolute Gasteiger partial charge is 0.372 e. The lowest BCUT2D eigenvalue weighted by Crippen LogP contribution is -2.44. The summed E-state index contributed by atoms with van der Waals surface area (Å²) in [7, 11) is 0. The van der Waals surface area contributed by atoms with Crippen LogP contribution in [0.2, 0.25) is 0 Å². The Balaban J connectivity index is 2.29. The predicted molar refractivity (Wildman–Crippen MR) is 117 cm³/mol. The van der Waals surface area contributed by atoms with Crippen LogP contribution in [0.15, 0.2) is 36.0 Å². The van der Waals surface area contributed by atoms with Gasteiger partial charge in [-0.15, -0.1) is 0 Å². The molecule has 3 heteroatoms. The molecule has 1 heterocycles.